The molecule has 3 aromatic rings. The molecule has 0 unspecified atom stereocenters. The number of hydrogen-bond acceptors (Lipinski definition) is 7. The summed E-state index contributed by atoms with van der Waals surface area (Å²) in [7, 11) is 1.45. The van der Waals surface area contributed by atoms with Crippen LogP contribution in [0.25, 0.3) is 5.65 Å². The Labute approximate surface area is 165 Å². The molecule has 8 nitrogen and oxygen atoms in total. The van der Waals surface area contributed by atoms with Crippen molar-refractivity contribution < 1.29 is 23.0 Å². The van der Waals surface area contributed by atoms with Crippen LogP contribution in [0.3, 0.4) is 0 Å². The Hall–Kier alpha value is -3.30. The first-order chi connectivity index (χ1) is 14.0. The molecule has 152 valence electrons. The topological polar surface area (TPSA) is 81.8 Å². The van der Waals surface area contributed by atoms with Crippen LogP contribution >= 0.6 is 0 Å². The lowest BCUT2D eigenvalue weighted by Gasteiger charge is -2.27. The van der Waals surface area contributed by atoms with Crippen molar-refractivity contribution in [3.63, 3.8) is 0 Å². The number of carbonyl (C=O) groups excluding carboxylic acids is 1. The Morgan fingerprint density at radius 1 is 1.34 bits per heavy atom. The number of pyridine rings is 1. The fourth-order valence-electron chi connectivity index (χ4n) is 3.63. The molecule has 3 aromatic heterocycles. The van der Waals surface area contributed by atoms with E-state index < -0.39 is 17.6 Å². The fraction of sp³-hybridized carbons (Fsp3) is 0.368. The van der Waals surface area contributed by atoms with Crippen molar-refractivity contribution in [2.24, 2.45) is 0 Å². The number of esters is 1. The summed E-state index contributed by atoms with van der Waals surface area (Å²) in [5.41, 5.74) is 0.855. The van der Waals surface area contributed by atoms with E-state index in [0.29, 0.717) is 18.5 Å². The van der Waals surface area contributed by atoms with Crippen LogP contribution in [0.15, 0.2) is 24.7 Å². The first-order valence-corrected chi connectivity index (χ1v) is 9.20. The Morgan fingerprint density at radius 3 is 2.93 bits per heavy atom. The zero-order valence-corrected chi connectivity index (χ0v) is 15.9. The van der Waals surface area contributed by atoms with Crippen LogP contribution < -0.4 is 9.64 Å². The van der Waals surface area contributed by atoms with Crippen LogP contribution in [0.2, 0.25) is 0 Å². The SMILES string of the molecule is CCOC(=O)c1cnn2cc(F)c(N3CCC[C@@H]3c3cc(F)cnc3OC)nc12. The van der Waals surface area contributed by atoms with E-state index in [4.69, 9.17) is 9.47 Å². The van der Waals surface area contributed by atoms with E-state index in [2.05, 4.69) is 15.1 Å². The molecular weight excluding hydrogens is 384 g/mol. The van der Waals surface area contributed by atoms with Crippen molar-refractivity contribution in [3.8, 4) is 5.88 Å². The largest absolute Gasteiger partial charge is 0.481 e. The Bertz CT molecular complexity index is 1070. The molecule has 0 spiro atoms. The second-order valence-electron chi connectivity index (χ2n) is 6.56. The molecule has 1 aliphatic rings. The molecule has 1 fully saturated rings. The van der Waals surface area contributed by atoms with E-state index >= 15 is 0 Å². The number of halogens is 2. The van der Waals surface area contributed by atoms with Gasteiger partial charge >= 0.3 is 5.97 Å². The molecule has 0 saturated carbocycles. The van der Waals surface area contributed by atoms with Gasteiger partial charge in [0.15, 0.2) is 17.3 Å². The van der Waals surface area contributed by atoms with E-state index in [9.17, 15) is 13.6 Å². The monoisotopic (exact) mass is 403 g/mol. The standard InChI is InChI=1S/C19H19F2N5O3/c1-3-29-19(27)13-9-23-26-10-14(21)17(24-16(13)26)25-6-4-5-15(25)12-7-11(20)8-22-18(12)28-2/h7-10,15H,3-6H2,1-2H3/t15-/m1/s1. The number of ether oxygens (including phenoxy) is 2. The van der Waals surface area contributed by atoms with Gasteiger partial charge in [0.2, 0.25) is 5.88 Å². The van der Waals surface area contributed by atoms with Crippen LogP contribution in [0.5, 0.6) is 5.88 Å². The molecule has 0 bridgehead atoms. The molecule has 1 atom stereocenters. The van der Waals surface area contributed by atoms with E-state index in [1.54, 1.807) is 11.8 Å². The number of anilines is 1. The van der Waals surface area contributed by atoms with Gasteiger partial charge in [-0.2, -0.15) is 5.10 Å². The van der Waals surface area contributed by atoms with Gasteiger partial charge in [0, 0.05) is 12.1 Å². The third-order valence-corrected chi connectivity index (χ3v) is 4.85. The summed E-state index contributed by atoms with van der Waals surface area (Å²) in [5, 5.41) is 3.98. The van der Waals surface area contributed by atoms with Crippen LogP contribution in [-0.4, -0.2) is 45.8 Å². The number of methoxy groups -OCH3 is 1. The molecule has 29 heavy (non-hydrogen) atoms. The number of rotatable bonds is 5. The molecular formula is C19H19F2N5O3. The number of carbonyl (C=O) groups is 1. The van der Waals surface area contributed by atoms with Gasteiger partial charge in [0.25, 0.3) is 0 Å². The lowest BCUT2D eigenvalue weighted by Crippen LogP contribution is -2.26. The van der Waals surface area contributed by atoms with E-state index in [0.717, 1.165) is 18.8 Å². The van der Waals surface area contributed by atoms with Gasteiger partial charge < -0.3 is 14.4 Å². The molecule has 0 aliphatic carbocycles. The predicted octanol–water partition coefficient (Wildman–Crippen LogP) is 2.93. The first kappa shape index (κ1) is 19.0. The minimum atomic E-state index is -0.605. The number of hydrogen-bond donors (Lipinski definition) is 0. The van der Waals surface area contributed by atoms with E-state index in [-0.39, 0.29) is 35.6 Å². The van der Waals surface area contributed by atoms with Crippen LogP contribution in [0.4, 0.5) is 14.6 Å². The third kappa shape index (κ3) is 3.34. The number of aromatic nitrogens is 4. The minimum Gasteiger partial charge on any atom is -0.481 e. The Balaban J connectivity index is 1.79. The number of nitrogens with zero attached hydrogens (tertiary/aromatic N) is 5. The van der Waals surface area contributed by atoms with Gasteiger partial charge in [-0.15, -0.1) is 0 Å². The van der Waals surface area contributed by atoms with Crippen LogP contribution in [0.1, 0.15) is 41.7 Å². The highest BCUT2D eigenvalue weighted by Gasteiger charge is 2.33. The second-order valence-corrected chi connectivity index (χ2v) is 6.56. The summed E-state index contributed by atoms with van der Waals surface area (Å²) in [6, 6.07) is 0.972. The van der Waals surface area contributed by atoms with Crippen molar-refractivity contribution in [2.75, 3.05) is 25.2 Å². The van der Waals surface area contributed by atoms with Gasteiger partial charge in [0.05, 0.1) is 38.3 Å². The normalized spacial score (nSPS) is 16.4. The summed E-state index contributed by atoms with van der Waals surface area (Å²) in [6.45, 7) is 2.40. The molecule has 0 amide bonds. The molecule has 0 radical (unpaired) electrons. The fourth-order valence-corrected chi connectivity index (χ4v) is 3.63. The third-order valence-electron chi connectivity index (χ3n) is 4.85. The zero-order valence-electron chi connectivity index (χ0n) is 15.9. The maximum absolute atomic E-state index is 14.9. The quantitative estimate of drug-likeness (QED) is 0.606. The number of fused-ring (bicyclic) bond motifs is 1. The smallest absolute Gasteiger partial charge is 0.343 e. The van der Waals surface area contributed by atoms with Crippen molar-refractivity contribution >= 4 is 17.4 Å². The minimum absolute atomic E-state index is 0.0531. The summed E-state index contributed by atoms with van der Waals surface area (Å²) in [4.78, 5) is 22.2. The summed E-state index contributed by atoms with van der Waals surface area (Å²) < 4.78 is 40.2. The molecule has 4 rings (SSSR count). The van der Waals surface area contributed by atoms with Gasteiger partial charge in [-0.1, -0.05) is 0 Å². The van der Waals surface area contributed by atoms with Crippen LogP contribution in [-0.2, 0) is 4.74 Å². The van der Waals surface area contributed by atoms with Gasteiger partial charge in [-0.05, 0) is 25.8 Å². The predicted molar refractivity (Wildman–Crippen MR) is 99.0 cm³/mol. The highest BCUT2D eigenvalue weighted by molar-refractivity contribution is 5.95. The van der Waals surface area contributed by atoms with Crippen molar-refractivity contribution in [2.45, 2.75) is 25.8 Å². The maximum atomic E-state index is 14.9. The zero-order chi connectivity index (χ0) is 20.5. The maximum Gasteiger partial charge on any atom is 0.343 e. The van der Waals surface area contributed by atoms with Gasteiger partial charge in [0.1, 0.15) is 11.4 Å². The average Bonchev–Trinajstić information content (AvgIpc) is 3.34. The van der Waals surface area contributed by atoms with Crippen LogP contribution in [0, 0.1) is 11.6 Å². The molecule has 4 heterocycles. The first-order valence-electron chi connectivity index (χ1n) is 9.20. The van der Waals surface area contributed by atoms with Crippen molar-refractivity contribution in [1.82, 2.24) is 19.6 Å². The van der Waals surface area contributed by atoms with E-state index in [1.807, 2.05) is 0 Å². The van der Waals surface area contributed by atoms with Gasteiger partial charge in [-0.3, -0.25) is 0 Å². The highest BCUT2D eigenvalue weighted by Crippen LogP contribution is 2.39. The average molecular weight is 403 g/mol. The molecule has 1 aliphatic heterocycles. The summed E-state index contributed by atoms with van der Waals surface area (Å²) in [6.07, 6.45) is 4.93. The lowest BCUT2D eigenvalue weighted by atomic mass is 10.1. The van der Waals surface area contributed by atoms with Gasteiger partial charge in [-0.25, -0.2) is 28.1 Å². The highest BCUT2D eigenvalue weighted by atomic mass is 19.1. The summed E-state index contributed by atoms with van der Waals surface area (Å²) in [5.74, 6) is -1.36. The Morgan fingerprint density at radius 2 is 2.17 bits per heavy atom. The lowest BCUT2D eigenvalue weighted by molar-refractivity contribution is 0.0528. The second kappa shape index (κ2) is 7.61. The molecule has 0 aromatic carbocycles. The summed E-state index contributed by atoms with van der Waals surface area (Å²) >= 11 is 0. The van der Waals surface area contributed by atoms with Crippen molar-refractivity contribution in [1.29, 1.82) is 0 Å². The van der Waals surface area contributed by atoms with E-state index in [1.165, 1.54) is 23.9 Å². The van der Waals surface area contributed by atoms with Crippen molar-refractivity contribution in [3.05, 3.63) is 47.4 Å². The molecule has 10 heteroatoms. The Kier molecular flexibility index (Phi) is 4.99. The molecule has 0 N–H and O–H groups in total. The molecule has 1 saturated heterocycles.